The molecular weight excluding hydrogens is 447 g/mol. The molecule has 0 saturated heterocycles. The molecule has 28 heavy (non-hydrogen) atoms. The van der Waals surface area contributed by atoms with E-state index in [1.54, 1.807) is 12.1 Å². The van der Waals surface area contributed by atoms with Crippen LogP contribution >= 0.6 is 46.7 Å². The summed E-state index contributed by atoms with van der Waals surface area (Å²) in [5.74, 6) is 2.18. The second kappa shape index (κ2) is 8.49. The molecule has 0 bridgehead atoms. The Hall–Kier alpha value is -1.48. The SMILES string of the molecule is Oc1cc2c(cc1SC(Cl)C(Cl)Sc1cc3c(cc1O)OCCO3)OCCO2. The fourth-order valence-corrected chi connectivity index (χ4v) is 5.28. The van der Waals surface area contributed by atoms with E-state index in [0.717, 1.165) is 0 Å². The number of benzene rings is 2. The predicted octanol–water partition coefficient (Wildman–Crippen LogP) is 4.65. The van der Waals surface area contributed by atoms with Crippen molar-refractivity contribution < 1.29 is 29.2 Å². The van der Waals surface area contributed by atoms with Crippen molar-refractivity contribution in [3.63, 3.8) is 0 Å². The Morgan fingerprint density at radius 2 is 0.964 bits per heavy atom. The maximum Gasteiger partial charge on any atom is 0.165 e. The number of phenolic OH excluding ortho intramolecular Hbond substituents is 2. The van der Waals surface area contributed by atoms with E-state index in [1.807, 2.05) is 0 Å². The van der Waals surface area contributed by atoms with Crippen molar-refractivity contribution in [1.29, 1.82) is 0 Å². The number of hydrogen-bond acceptors (Lipinski definition) is 8. The third kappa shape index (κ3) is 4.25. The Labute approximate surface area is 180 Å². The van der Waals surface area contributed by atoms with Crippen molar-refractivity contribution in [3.05, 3.63) is 24.3 Å². The van der Waals surface area contributed by atoms with E-state index >= 15 is 0 Å². The lowest BCUT2D eigenvalue weighted by Gasteiger charge is -2.22. The van der Waals surface area contributed by atoms with Crippen molar-refractivity contribution in [1.82, 2.24) is 0 Å². The minimum Gasteiger partial charge on any atom is -0.507 e. The number of rotatable bonds is 5. The highest BCUT2D eigenvalue weighted by Gasteiger charge is 2.25. The molecular formula is C18H16Cl2O6S2. The van der Waals surface area contributed by atoms with Crippen molar-refractivity contribution in [2.75, 3.05) is 26.4 Å². The summed E-state index contributed by atoms with van der Waals surface area (Å²) in [6, 6.07) is 6.37. The zero-order valence-corrected chi connectivity index (χ0v) is 17.5. The number of ether oxygens (including phenoxy) is 4. The van der Waals surface area contributed by atoms with Crippen LogP contribution in [-0.4, -0.2) is 46.1 Å². The normalized spacial score (nSPS) is 17.1. The number of hydrogen-bond donors (Lipinski definition) is 2. The van der Waals surface area contributed by atoms with Crippen LogP contribution in [0.2, 0.25) is 0 Å². The molecule has 0 spiro atoms. The molecule has 150 valence electrons. The van der Waals surface area contributed by atoms with Gasteiger partial charge in [0.25, 0.3) is 0 Å². The molecule has 4 rings (SSSR count). The first-order valence-electron chi connectivity index (χ1n) is 8.38. The second-order valence-corrected chi connectivity index (χ2v) is 9.69. The van der Waals surface area contributed by atoms with Gasteiger partial charge >= 0.3 is 0 Å². The molecule has 6 nitrogen and oxygen atoms in total. The van der Waals surface area contributed by atoms with Crippen LogP contribution in [0.4, 0.5) is 0 Å². The second-order valence-electron chi connectivity index (χ2n) is 5.87. The molecule has 2 atom stereocenters. The van der Waals surface area contributed by atoms with Crippen molar-refractivity contribution in [2.45, 2.75) is 19.2 Å². The average Bonchev–Trinajstić information content (AvgIpc) is 2.69. The zero-order valence-electron chi connectivity index (χ0n) is 14.4. The monoisotopic (exact) mass is 462 g/mol. The third-order valence-electron chi connectivity index (χ3n) is 3.93. The van der Waals surface area contributed by atoms with E-state index in [9.17, 15) is 10.2 Å². The summed E-state index contributed by atoms with van der Waals surface area (Å²) in [4.78, 5) is 1.06. The highest BCUT2D eigenvalue weighted by Crippen LogP contribution is 2.48. The molecule has 2 aromatic rings. The number of thioether (sulfide) groups is 2. The van der Waals surface area contributed by atoms with Crippen molar-refractivity contribution in [2.24, 2.45) is 0 Å². The van der Waals surface area contributed by atoms with Gasteiger partial charge in [0.1, 0.15) is 47.3 Å². The molecule has 0 aromatic heterocycles. The molecule has 2 unspecified atom stereocenters. The van der Waals surface area contributed by atoms with Gasteiger partial charge in [0.15, 0.2) is 23.0 Å². The number of alkyl halides is 2. The fourth-order valence-electron chi connectivity index (χ4n) is 2.66. The minimum atomic E-state index is -0.604. The van der Waals surface area contributed by atoms with Crippen LogP contribution in [0, 0.1) is 0 Å². The lowest BCUT2D eigenvalue weighted by molar-refractivity contribution is 0.170. The Morgan fingerprint density at radius 1 is 0.643 bits per heavy atom. The average molecular weight is 463 g/mol. The van der Waals surface area contributed by atoms with Gasteiger partial charge < -0.3 is 29.2 Å². The van der Waals surface area contributed by atoms with Crippen LogP contribution in [0.1, 0.15) is 0 Å². The Kier molecular flexibility index (Phi) is 6.01. The van der Waals surface area contributed by atoms with Crippen LogP contribution in [0.5, 0.6) is 34.5 Å². The molecule has 2 aliphatic heterocycles. The quantitative estimate of drug-likeness (QED) is 0.490. The maximum absolute atomic E-state index is 10.2. The summed E-state index contributed by atoms with van der Waals surface area (Å²) in [7, 11) is 0. The van der Waals surface area contributed by atoms with Gasteiger partial charge in [-0.05, 0) is 0 Å². The number of fused-ring (bicyclic) bond motifs is 2. The lowest BCUT2D eigenvalue weighted by Crippen LogP contribution is -2.15. The van der Waals surface area contributed by atoms with E-state index in [4.69, 9.17) is 42.1 Å². The summed E-state index contributed by atoms with van der Waals surface area (Å²) >= 11 is 15.3. The van der Waals surface area contributed by atoms with Gasteiger partial charge in [-0.1, -0.05) is 23.5 Å². The Balaban J connectivity index is 1.46. The van der Waals surface area contributed by atoms with Gasteiger partial charge in [0.05, 0.1) is 9.79 Å². The molecule has 2 aliphatic rings. The number of halogens is 2. The molecule has 0 fully saturated rings. The van der Waals surface area contributed by atoms with Gasteiger partial charge in [0, 0.05) is 24.3 Å². The molecule has 0 radical (unpaired) electrons. The van der Waals surface area contributed by atoms with E-state index < -0.39 is 9.42 Å². The molecule has 10 heteroatoms. The molecule has 2 heterocycles. The Bertz CT molecular complexity index is 810. The molecule has 2 aromatic carbocycles. The van der Waals surface area contributed by atoms with Crippen LogP contribution in [-0.2, 0) is 0 Å². The summed E-state index contributed by atoms with van der Waals surface area (Å²) in [5.41, 5.74) is 0. The van der Waals surface area contributed by atoms with E-state index in [-0.39, 0.29) is 11.5 Å². The van der Waals surface area contributed by atoms with Crippen LogP contribution in [0.3, 0.4) is 0 Å². The van der Waals surface area contributed by atoms with Crippen LogP contribution < -0.4 is 18.9 Å². The topological polar surface area (TPSA) is 77.4 Å². The van der Waals surface area contributed by atoms with Crippen molar-refractivity contribution in [3.8, 4) is 34.5 Å². The van der Waals surface area contributed by atoms with Gasteiger partial charge in [0.2, 0.25) is 0 Å². The minimum absolute atomic E-state index is 0.0379. The summed E-state index contributed by atoms with van der Waals surface area (Å²) < 4.78 is 20.7. The summed E-state index contributed by atoms with van der Waals surface area (Å²) in [6.07, 6.45) is 0. The van der Waals surface area contributed by atoms with Gasteiger partial charge in [-0.2, -0.15) is 0 Å². The van der Waals surface area contributed by atoms with Crippen LogP contribution in [0.25, 0.3) is 0 Å². The standard InChI is InChI=1S/C18H16Cl2O6S2/c19-17(27-15-7-13-11(5-9(15)21)23-1-3-25-13)18(20)28-16-8-14-12(6-10(16)22)24-2-4-26-14/h5-8,17-18,21-22H,1-4H2. The molecule has 0 aliphatic carbocycles. The largest absolute Gasteiger partial charge is 0.507 e. The van der Waals surface area contributed by atoms with Gasteiger partial charge in [-0.15, -0.1) is 23.2 Å². The first-order chi connectivity index (χ1) is 13.5. The number of aromatic hydroxyl groups is 2. The number of phenols is 2. The third-order valence-corrected chi connectivity index (χ3v) is 7.73. The summed E-state index contributed by atoms with van der Waals surface area (Å²) in [6.45, 7) is 1.78. The van der Waals surface area contributed by atoms with Crippen molar-refractivity contribution >= 4 is 46.7 Å². The fraction of sp³-hybridized carbons (Fsp3) is 0.333. The molecule has 0 saturated carbocycles. The maximum atomic E-state index is 10.2. The highest BCUT2D eigenvalue weighted by molar-refractivity contribution is 8.05. The van der Waals surface area contributed by atoms with E-state index in [0.29, 0.717) is 59.2 Å². The summed E-state index contributed by atoms with van der Waals surface area (Å²) in [5, 5.41) is 20.5. The van der Waals surface area contributed by atoms with Gasteiger partial charge in [-0.3, -0.25) is 0 Å². The van der Waals surface area contributed by atoms with E-state index in [1.165, 1.54) is 35.7 Å². The predicted molar refractivity (Wildman–Crippen MR) is 109 cm³/mol. The first-order valence-corrected chi connectivity index (χ1v) is 11.0. The van der Waals surface area contributed by atoms with Gasteiger partial charge in [-0.25, -0.2) is 0 Å². The lowest BCUT2D eigenvalue weighted by atomic mass is 10.3. The zero-order chi connectivity index (χ0) is 19.7. The first kappa shape index (κ1) is 19.8. The molecule has 0 amide bonds. The highest BCUT2D eigenvalue weighted by atomic mass is 35.5. The van der Waals surface area contributed by atoms with Crippen LogP contribution in [0.15, 0.2) is 34.1 Å². The van der Waals surface area contributed by atoms with E-state index in [2.05, 4.69) is 0 Å². The Morgan fingerprint density at radius 3 is 1.32 bits per heavy atom. The smallest absolute Gasteiger partial charge is 0.165 e. The molecule has 2 N–H and O–H groups in total.